The van der Waals surface area contributed by atoms with Gasteiger partial charge in [-0.3, -0.25) is 0 Å². The van der Waals surface area contributed by atoms with Gasteiger partial charge in [0.25, 0.3) is 0 Å². The van der Waals surface area contributed by atoms with Crippen LogP contribution in [0.3, 0.4) is 0 Å². The fraction of sp³-hybridized carbons (Fsp3) is 0.727. The highest BCUT2D eigenvalue weighted by molar-refractivity contribution is 5.38. The number of benzene rings is 1. The van der Waals surface area contributed by atoms with Crippen molar-refractivity contribution in [3.63, 3.8) is 0 Å². The van der Waals surface area contributed by atoms with Crippen LogP contribution in [-0.2, 0) is 15.9 Å². The van der Waals surface area contributed by atoms with E-state index >= 15 is 0 Å². The number of rotatable bonds is 0. The van der Waals surface area contributed by atoms with Crippen LogP contribution in [0.2, 0.25) is 0 Å². The molecule has 130 valence electrons. The monoisotopic (exact) mass is 326 g/mol. The van der Waals surface area contributed by atoms with E-state index < -0.39 is 0 Å². The summed E-state index contributed by atoms with van der Waals surface area (Å²) in [5.74, 6) is 2.55. The van der Waals surface area contributed by atoms with Crippen molar-refractivity contribution in [1.82, 2.24) is 0 Å². The van der Waals surface area contributed by atoms with E-state index in [1.807, 2.05) is 0 Å². The zero-order valence-electron chi connectivity index (χ0n) is 15.3. The summed E-state index contributed by atoms with van der Waals surface area (Å²) in [5.41, 5.74) is 4.88. The molecule has 1 aromatic carbocycles. The smallest absolute Gasteiger partial charge is 0.176 e. The largest absolute Gasteiger partial charge is 0.347 e. The Morgan fingerprint density at radius 3 is 2.71 bits per heavy atom. The first kappa shape index (κ1) is 15.4. The zero-order valence-corrected chi connectivity index (χ0v) is 15.3. The van der Waals surface area contributed by atoms with Crippen LogP contribution in [0.25, 0.3) is 0 Å². The SMILES string of the molecule is Cc1ccc2c(c1)CCC1C2CC[C@@]2(C)C1CC(C)C21OCCO1. The van der Waals surface area contributed by atoms with Gasteiger partial charge in [0.15, 0.2) is 5.79 Å². The van der Waals surface area contributed by atoms with Crippen LogP contribution in [0.1, 0.15) is 62.1 Å². The van der Waals surface area contributed by atoms with Gasteiger partial charge in [0.2, 0.25) is 0 Å². The molecule has 5 rings (SSSR count). The lowest BCUT2D eigenvalue weighted by atomic mass is 9.54. The molecule has 0 aromatic heterocycles. The van der Waals surface area contributed by atoms with Gasteiger partial charge in [0, 0.05) is 11.3 Å². The normalized spacial score (nSPS) is 42.6. The van der Waals surface area contributed by atoms with Crippen LogP contribution >= 0.6 is 0 Å². The maximum Gasteiger partial charge on any atom is 0.176 e. The Bertz CT molecular complexity index is 660. The molecule has 3 aliphatic carbocycles. The average Bonchev–Trinajstić information content (AvgIpc) is 3.15. The first-order valence-electron chi connectivity index (χ1n) is 9.92. The number of fused-ring (bicyclic) bond motifs is 6. The van der Waals surface area contributed by atoms with Crippen LogP contribution in [0.4, 0.5) is 0 Å². The lowest BCUT2D eigenvalue weighted by Crippen LogP contribution is -2.53. The Kier molecular flexibility index (Phi) is 3.26. The van der Waals surface area contributed by atoms with E-state index in [9.17, 15) is 0 Å². The van der Waals surface area contributed by atoms with Crippen LogP contribution in [0, 0.1) is 30.1 Å². The summed E-state index contributed by atoms with van der Waals surface area (Å²) in [4.78, 5) is 0. The molecule has 0 radical (unpaired) electrons. The average molecular weight is 326 g/mol. The summed E-state index contributed by atoms with van der Waals surface area (Å²) in [6.07, 6.45) is 6.43. The Hall–Kier alpha value is -0.860. The zero-order chi connectivity index (χ0) is 16.5. The van der Waals surface area contributed by atoms with Crippen LogP contribution in [-0.4, -0.2) is 19.0 Å². The lowest BCUT2D eigenvalue weighted by molar-refractivity contribution is -0.255. The van der Waals surface area contributed by atoms with Gasteiger partial charge in [0.1, 0.15) is 0 Å². The third kappa shape index (κ3) is 1.79. The minimum atomic E-state index is -0.295. The minimum Gasteiger partial charge on any atom is -0.347 e. The Morgan fingerprint density at radius 1 is 1.12 bits per heavy atom. The quantitative estimate of drug-likeness (QED) is 0.679. The number of hydrogen-bond donors (Lipinski definition) is 0. The van der Waals surface area contributed by atoms with Crippen molar-refractivity contribution in [1.29, 1.82) is 0 Å². The maximum absolute atomic E-state index is 6.33. The van der Waals surface area contributed by atoms with Gasteiger partial charge in [-0.15, -0.1) is 0 Å². The Morgan fingerprint density at radius 2 is 1.92 bits per heavy atom. The van der Waals surface area contributed by atoms with Gasteiger partial charge < -0.3 is 9.47 Å². The maximum atomic E-state index is 6.33. The van der Waals surface area contributed by atoms with Crippen molar-refractivity contribution in [3.8, 4) is 0 Å². The highest BCUT2D eigenvalue weighted by Gasteiger charge is 2.68. The van der Waals surface area contributed by atoms with Gasteiger partial charge >= 0.3 is 0 Å². The molecule has 1 aliphatic heterocycles. The molecule has 24 heavy (non-hydrogen) atoms. The molecule has 2 nitrogen and oxygen atoms in total. The van der Waals surface area contributed by atoms with E-state index in [-0.39, 0.29) is 11.2 Å². The van der Waals surface area contributed by atoms with Gasteiger partial charge in [-0.25, -0.2) is 0 Å². The number of aryl methyl sites for hydroxylation is 2. The first-order chi connectivity index (χ1) is 11.6. The van der Waals surface area contributed by atoms with Crippen LogP contribution in [0.15, 0.2) is 18.2 Å². The Labute approximate surface area is 145 Å². The third-order valence-electron chi connectivity index (χ3n) is 8.04. The molecule has 5 atom stereocenters. The molecular weight excluding hydrogens is 296 g/mol. The van der Waals surface area contributed by atoms with Crippen molar-refractivity contribution in [2.24, 2.45) is 23.2 Å². The fourth-order valence-corrected chi connectivity index (χ4v) is 7.04. The Balaban J connectivity index is 1.53. The number of hydrogen-bond acceptors (Lipinski definition) is 2. The summed E-state index contributed by atoms with van der Waals surface area (Å²) < 4.78 is 12.7. The molecule has 1 saturated heterocycles. The topological polar surface area (TPSA) is 18.5 Å². The standard InChI is InChI=1S/C22H30O2/c1-14-4-6-17-16(12-14)5-7-19-18(17)8-9-21(3)20(19)13-15(2)22(21)23-10-11-24-22/h4,6,12,15,18-20H,5,7-11,13H2,1-3H3/t15?,18?,19?,20?,21-/m0/s1. The van der Waals surface area contributed by atoms with Gasteiger partial charge in [-0.05, 0) is 67.9 Å². The van der Waals surface area contributed by atoms with E-state index in [1.165, 1.54) is 37.7 Å². The molecule has 2 heteroatoms. The molecule has 1 spiro atoms. The predicted molar refractivity (Wildman–Crippen MR) is 95.0 cm³/mol. The summed E-state index contributed by atoms with van der Waals surface area (Å²) >= 11 is 0. The summed E-state index contributed by atoms with van der Waals surface area (Å²) in [6.45, 7) is 8.63. The highest BCUT2D eigenvalue weighted by atomic mass is 16.7. The van der Waals surface area contributed by atoms with E-state index in [2.05, 4.69) is 39.0 Å². The predicted octanol–water partition coefficient (Wildman–Crippen LogP) is 4.84. The third-order valence-corrected chi connectivity index (χ3v) is 8.04. The van der Waals surface area contributed by atoms with Crippen molar-refractivity contribution in [2.45, 2.75) is 64.6 Å². The van der Waals surface area contributed by atoms with Crippen molar-refractivity contribution >= 4 is 0 Å². The molecule has 0 amide bonds. The first-order valence-corrected chi connectivity index (χ1v) is 9.92. The second-order valence-corrected chi connectivity index (χ2v) is 9.08. The summed E-state index contributed by atoms with van der Waals surface area (Å²) in [6, 6.07) is 7.18. The van der Waals surface area contributed by atoms with Crippen molar-refractivity contribution in [2.75, 3.05) is 13.2 Å². The van der Waals surface area contributed by atoms with E-state index in [4.69, 9.17) is 9.47 Å². The van der Waals surface area contributed by atoms with Crippen LogP contribution < -0.4 is 0 Å². The van der Waals surface area contributed by atoms with Gasteiger partial charge in [0.05, 0.1) is 13.2 Å². The molecular formula is C22H30O2. The van der Waals surface area contributed by atoms with E-state index in [0.717, 1.165) is 31.0 Å². The molecule has 0 N–H and O–H groups in total. The molecule has 4 unspecified atom stereocenters. The van der Waals surface area contributed by atoms with Crippen molar-refractivity contribution in [3.05, 3.63) is 34.9 Å². The second-order valence-electron chi connectivity index (χ2n) is 9.08. The number of ether oxygens (including phenoxy) is 2. The highest BCUT2D eigenvalue weighted by Crippen LogP contribution is 2.67. The second kappa shape index (κ2) is 5.08. The molecule has 1 aromatic rings. The summed E-state index contributed by atoms with van der Waals surface area (Å²) in [7, 11) is 0. The molecule has 3 fully saturated rings. The van der Waals surface area contributed by atoms with Crippen LogP contribution in [0.5, 0.6) is 0 Å². The molecule has 2 saturated carbocycles. The molecule has 4 aliphatic rings. The van der Waals surface area contributed by atoms with Gasteiger partial charge in [-0.2, -0.15) is 0 Å². The molecule has 0 bridgehead atoms. The van der Waals surface area contributed by atoms with E-state index in [0.29, 0.717) is 5.92 Å². The fourth-order valence-electron chi connectivity index (χ4n) is 7.04. The minimum absolute atomic E-state index is 0.201. The summed E-state index contributed by atoms with van der Waals surface area (Å²) in [5, 5.41) is 0. The van der Waals surface area contributed by atoms with Crippen molar-refractivity contribution < 1.29 is 9.47 Å². The van der Waals surface area contributed by atoms with Gasteiger partial charge in [-0.1, -0.05) is 37.6 Å². The molecule has 1 heterocycles. The van der Waals surface area contributed by atoms with E-state index in [1.54, 1.807) is 11.1 Å². The lowest BCUT2D eigenvalue weighted by Gasteiger charge is -2.53.